The van der Waals surface area contributed by atoms with Gasteiger partial charge in [0.2, 0.25) is 0 Å². The molecule has 0 aliphatic heterocycles. The molecule has 32 heavy (non-hydrogen) atoms. The van der Waals surface area contributed by atoms with E-state index >= 15 is 0 Å². The summed E-state index contributed by atoms with van der Waals surface area (Å²) >= 11 is 3.52. The van der Waals surface area contributed by atoms with E-state index in [1.165, 1.54) is 7.11 Å². The molecule has 0 heterocycles. The minimum Gasteiger partial charge on any atom is -0.497 e. The minimum atomic E-state index is -1.04. The number of rotatable bonds is 9. The topological polar surface area (TPSA) is 65.0 Å². The van der Waals surface area contributed by atoms with E-state index < -0.39 is 6.29 Å². The number of halogens is 1. The van der Waals surface area contributed by atoms with E-state index in [4.69, 9.17) is 14.2 Å². The summed E-state index contributed by atoms with van der Waals surface area (Å²) in [7, 11) is 2.98. The summed E-state index contributed by atoms with van der Waals surface area (Å²) in [4.78, 5) is 11.8. The Morgan fingerprint density at radius 1 is 0.969 bits per heavy atom. The van der Waals surface area contributed by atoms with Crippen LogP contribution < -0.4 is 4.74 Å². The lowest BCUT2D eigenvalue weighted by Crippen LogP contribution is -2.26. The van der Waals surface area contributed by atoms with E-state index in [1.54, 1.807) is 19.2 Å². The summed E-state index contributed by atoms with van der Waals surface area (Å²) in [5, 5.41) is 11.1. The zero-order valence-corrected chi connectivity index (χ0v) is 19.9. The van der Waals surface area contributed by atoms with Crippen LogP contribution in [0.1, 0.15) is 45.8 Å². The first-order valence-corrected chi connectivity index (χ1v) is 11.1. The summed E-state index contributed by atoms with van der Waals surface area (Å²) in [5.74, 6) is -0.0162. The standard InChI is InChI=1S/C26H27BrO5/c1-17(19-9-11-20(12-10-19)25(28)31-3)24(21-5-4-6-22(27)15-21)26(29)32-16-18-7-13-23(30-2)14-8-18/h4-15,17,24,26,29H,16H2,1-3H3. The number of aliphatic hydroxyl groups is 1. The summed E-state index contributed by atoms with van der Waals surface area (Å²) in [6.45, 7) is 2.31. The van der Waals surface area contributed by atoms with Gasteiger partial charge in [0.15, 0.2) is 6.29 Å². The highest BCUT2D eigenvalue weighted by atomic mass is 79.9. The van der Waals surface area contributed by atoms with Crippen LogP contribution in [-0.4, -0.2) is 31.6 Å². The van der Waals surface area contributed by atoms with Crippen molar-refractivity contribution in [3.05, 3.63) is 99.5 Å². The summed E-state index contributed by atoms with van der Waals surface area (Å²) in [5.41, 5.74) is 3.35. The van der Waals surface area contributed by atoms with Crippen LogP contribution in [0.15, 0.2) is 77.3 Å². The second kappa shape index (κ2) is 11.3. The Hall–Kier alpha value is -2.67. The number of hydrogen-bond acceptors (Lipinski definition) is 5. The van der Waals surface area contributed by atoms with Crippen LogP contribution in [-0.2, 0) is 16.1 Å². The largest absolute Gasteiger partial charge is 0.497 e. The first kappa shape index (κ1) is 24.0. The van der Waals surface area contributed by atoms with Crippen molar-refractivity contribution in [1.82, 2.24) is 0 Å². The summed E-state index contributed by atoms with van der Waals surface area (Å²) in [6.07, 6.45) is -1.04. The van der Waals surface area contributed by atoms with Crippen molar-refractivity contribution >= 4 is 21.9 Å². The van der Waals surface area contributed by atoms with Crippen molar-refractivity contribution in [3.63, 3.8) is 0 Å². The molecule has 3 aromatic rings. The molecule has 0 saturated carbocycles. The van der Waals surface area contributed by atoms with Gasteiger partial charge in [0, 0.05) is 10.4 Å². The van der Waals surface area contributed by atoms with Crippen molar-refractivity contribution in [1.29, 1.82) is 0 Å². The second-order valence-electron chi connectivity index (χ2n) is 7.53. The van der Waals surface area contributed by atoms with E-state index in [9.17, 15) is 9.90 Å². The maximum Gasteiger partial charge on any atom is 0.337 e. The third-order valence-electron chi connectivity index (χ3n) is 5.52. The molecule has 0 aromatic heterocycles. The molecule has 6 heteroatoms. The number of esters is 1. The lowest BCUT2D eigenvalue weighted by atomic mass is 9.82. The van der Waals surface area contributed by atoms with Crippen molar-refractivity contribution in [3.8, 4) is 5.75 Å². The molecular formula is C26H27BrO5. The van der Waals surface area contributed by atoms with Gasteiger partial charge in [0.25, 0.3) is 0 Å². The lowest BCUT2D eigenvalue weighted by Gasteiger charge is -2.29. The first-order chi connectivity index (χ1) is 15.4. The Morgan fingerprint density at radius 2 is 1.66 bits per heavy atom. The van der Waals surface area contributed by atoms with Gasteiger partial charge in [0.1, 0.15) is 5.75 Å². The number of ether oxygens (including phenoxy) is 3. The Bertz CT molecular complexity index is 1020. The molecule has 0 amide bonds. The molecule has 3 unspecified atom stereocenters. The highest BCUT2D eigenvalue weighted by Crippen LogP contribution is 2.37. The normalized spacial score (nSPS) is 13.8. The molecule has 0 spiro atoms. The second-order valence-corrected chi connectivity index (χ2v) is 8.45. The zero-order chi connectivity index (χ0) is 23.1. The fourth-order valence-electron chi connectivity index (χ4n) is 3.67. The number of benzene rings is 3. The van der Waals surface area contributed by atoms with E-state index in [1.807, 2.05) is 67.6 Å². The van der Waals surface area contributed by atoms with Gasteiger partial charge in [-0.05, 0) is 59.0 Å². The van der Waals surface area contributed by atoms with Crippen LogP contribution in [0.2, 0.25) is 0 Å². The van der Waals surface area contributed by atoms with Gasteiger partial charge in [-0.1, -0.05) is 59.3 Å². The van der Waals surface area contributed by atoms with Crippen LogP contribution in [0.4, 0.5) is 0 Å². The Kier molecular flexibility index (Phi) is 8.45. The molecule has 3 rings (SSSR count). The highest BCUT2D eigenvalue weighted by Gasteiger charge is 2.29. The fraction of sp³-hybridized carbons (Fsp3) is 0.269. The van der Waals surface area contributed by atoms with Crippen molar-refractivity contribution in [2.45, 2.75) is 31.7 Å². The van der Waals surface area contributed by atoms with Gasteiger partial charge in [-0.25, -0.2) is 4.79 Å². The van der Waals surface area contributed by atoms with E-state index in [-0.39, 0.29) is 24.4 Å². The van der Waals surface area contributed by atoms with Crippen LogP contribution in [0.5, 0.6) is 5.75 Å². The molecule has 1 N–H and O–H groups in total. The predicted molar refractivity (Wildman–Crippen MR) is 127 cm³/mol. The average molecular weight is 499 g/mol. The third-order valence-corrected chi connectivity index (χ3v) is 6.01. The molecular weight excluding hydrogens is 472 g/mol. The number of methoxy groups -OCH3 is 2. The van der Waals surface area contributed by atoms with Gasteiger partial charge in [-0.15, -0.1) is 0 Å². The average Bonchev–Trinajstić information content (AvgIpc) is 2.82. The van der Waals surface area contributed by atoms with E-state index in [0.29, 0.717) is 5.56 Å². The maximum atomic E-state index is 11.8. The van der Waals surface area contributed by atoms with Gasteiger partial charge in [-0.2, -0.15) is 0 Å². The Morgan fingerprint density at radius 3 is 2.25 bits per heavy atom. The molecule has 5 nitrogen and oxygen atoms in total. The monoisotopic (exact) mass is 498 g/mol. The van der Waals surface area contributed by atoms with Crippen molar-refractivity contribution in [2.24, 2.45) is 0 Å². The fourth-order valence-corrected chi connectivity index (χ4v) is 4.09. The quantitative estimate of drug-likeness (QED) is 0.304. The van der Waals surface area contributed by atoms with Gasteiger partial charge in [-0.3, -0.25) is 0 Å². The maximum absolute atomic E-state index is 11.8. The smallest absolute Gasteiger partial charge is 0.337 e. The number of hydrogen-bond donors (Lipinski definition) is 1. The number of carbonyl (C=O) groups is 1. The minimum absolute atomic E-state index is 0.0816. The van der Waals surface area contributed by atoms with Crippen LogP contribution in [0.25, 0.3) is 0 Å². The van der Waals surface area contributed by atoms with Crippen LogP contribution in [0.3, 0.4) is 0 Å². The zero-order valence-electron chi connectivity index (χ0n) is 18.3. The van der Waals surface area contributed by atoms with E-state index in [0.717, 1.165) is 26.9 Å². The van der Waals surface area contributed by atoms with Crippen molar-refractivity contribution < 1.29 is 24.1 Å². The molecule has 0 saturated heterocycles. The van der Waals surface area contributed by atoms with Crippen LogP contribution >= 0.6 is 15.9 Å². The van der Waals surface area contributed by atoms with E-state index in [2.05, 4.69) is 15.9 Å². The molecule has 3 atom stereocenters. The SMILES string of the molecule is COC(=O)c1ccc(C(C)C(c2cccc(Br)c2)C(O)OCc2ccc(OC)cc2)cc1. The van der Waals surface area contributed by atoms with Crippen molar-refractivity contribution in [2.75, 3.05) is 14.2 Å². The molecule has 0 bridgehead atoms. The predicted octanol–water partition coefficient (Wildman–Crippen LogP) is 5.67. The number of aliphatic hydroxyl groups excluding tert-OH is 1. The Balaban J connectivity index is 1.83. The van der Waals surface area contributed by atoms with Gasteiger partial charge >= 0.3 is 5.97 Å². The Labute approximate surface area is 197 Å². The molecule has 0 aliphatic carbocycles. The summed E-state index contributed by atoms with van der Waals surface area (Å²) < 4.78 is 16.8. The molecule has 0 radical (unpaired) electrons. The first-order valence-electron chi connectivity index (χ1n) is 10.3. The molecule has 3 aromatic carbocycles. The third kappa shape index (κ3) is 5.97. The van der Waals surface area contributed by atoms with Gasteiger partial charge in [0.05, 0.1) is 26.4 Å². The molecule has 0 aliphatic rings. The van der Waals surface area contributed by atoms with Crippen LogP contribution in [0, 0.1) is 0 Å². The molecule has 0 fully saturated rings. The lowest BCUT2D eigenvalue weighted by molar-refractivity contribution is -0.127. The van der Waals surface area contributed by atoms with Gasteiger partial charge < -0.3 is 19.3 Å². The summed E-state index contributed by atoms with van der Waals surface area (Å²) in [6, 6.07) is 22.7. The number of carbonyl (C=O) groups excluding carboxylic acids is 1. The molecule has 168 valence electrons. The highest BCUT2D eigenvalue weighted by molar-refractivity contribution is 9.10.